The van der Waals surface area contributed by atoms with Gasteiger partial charge in [-0.1, -0.05) is 12.1 Å². The largest absolute Gasteiger partial charge is 0.493 e. The highest BCUT2D eigenvalue weighted by Gasteiger charge is 2.17. The first kappa shape index (κ1) is 20.7. The number of nitrogens with one attached hydrogen (secondary N) is 1. The minimum Gasteiger partial charge on any atom is -0.493 e. The van der Waals surface area contributed by atoms with E-state index in [1.807, 2.05) is 6.92 Å². The summed E-state index contributed by atoms with van der Waals surface area (Å²) in [5.74, 6) is 1.25. The van der Waals surface area contributed by atoms with Gasteiger partial charge in [-0.05, 0) is 43.7 Å². The van der Waals surface area contributed by atoms with Crippen LogP contribution in [0.15, 0.2) is 41.3 Å². The molecule has 0 spiro atoms. The molecule has 0 bridgehead atoms. The van der Waals surface area contributed by atoms with Crippen LogP contribution in [0.3, 0.4) is 0 Å². The van der Waals surface area contributed by atoms with Crippen molar-refractivity contribution in [1.82, 2.24) is 4.72 Å². The maximum absolute atomic E-state index is 12.5. The molecular formula is C19H23NO6S. The lowest BCUT2D eigenvalue weighted by molar-refractivity contribution is 0.101. The smallest absolute Gasteiger partial charge is 0.240 e. The van der Waals surface area contributed by atoms with E-state index in [9.17, 15) is 13.2 Å². The van der Waals surface area contributed by atoms with Gasteiger partial charge in [-0.25, -0.2) is 13.1 Å². The van der Waals surface area contributed by atoms with Crippen molar-refractivity contribution < 1.29 is 27.4 Å². The summed E-state index contributed by atoms with van der Waals surface area (Å²) in [7, 11) is -0.731. The number of sulfonamides is 1. The number of methoxy groups -OCH3 is 2. The summed E-state index contributed by atoms with van der Waals surface area (Å²) in [4.78, 5) is 11.4. The lowest BCUT2D eigenvalue weighted by Crippen LogP contribution is -2.23. The molecule has 0 heterocycles. The van der Waals surface area contributed by atoms with E-state index in [1.54, 1.807) is 12.1 Å². The van der Waals surface area contributed by atoms with E-state index in [0.29, 0.717) is 35.0 Å². The molecule has 8 heteroatoms. The second kappa shape index (κ2) is 8.88. The number of Topliss-reactive ketones (excluding diaryl/α,β-unsaturated/α-hetero) is 1. The van der Waals surface area contributed by atoms with Gasteiger partial charge in [0, 0.05) is 12.1 Å². The monoisotopic (exact) mass is 393 g/mol. The molecular weight excluding hydrogens is 370 g/mol. The average molecular weight is 393 g/mol. The fourth-order valence-corrected chi connectivity index (χ4v) is 3.47. The number of hydrogen-bond acceptors (Lipinski definition) is 6. The highest BCUT2D eigenvalue weighted by molar-refractivity contribution is 7.89. The van der Waals surface area contributed by atoms with Gasteiger partial charge in [-0.15, -0.1) is 0 Å². The first-order valence-corrected chi connectivity index (χ1v) is 9.79. The number of ether oxygens (including phenoxy) is 3. The second-order valence-corrected chi connectivity index (χ2v) is 7.43. The van der Waals surface area contributed by atoms with Crippen LogP contribution >= 0.6 is 0 Å². The van der Waals surface area contributed by atoms with Crippen LogP contribution in [0.4, 0.5) is 0 Å². The fraction of sp³-hybridized carbons (Fsp3) is 0.316. The van der Waals surface area contributed by atoms with Crippen LogP contribution in [0.1, 0.15) is 29.8 Å². The van der Waals surface area contributed by atoms with E-state index >= 15 is 0 Å². The molecule has 2 rings (SSSR count). The molecule has 27 heavy (non-hydrogen) atoms. The molecule has 0 amide bonds. The van der Waals surface area contributed by atoms with Crippen molar-refractivity contribution in [1.29, 1.82) is 0 Å². The maximum atomic E-state index is 12.5. The van der Waals surface area contributed by atoms with Gasteiger partial charge in [0.15, 0.2) is 17.3 Å². The molecule has 0 aromatic heterocycles. The minimum absolute atomic E-state index is 0.0376. The molecule has 0 atom stereocenters. The number of rotatable bonds is 9. The van der Waals surface area contributed by atoms with Crippen molar-refractivity contribution in [2.75, 3.05) is 20.8 Å². The Kier molecular flexibility index (Phi) is 6.81. The molecule has 0 radical (unpaired) electrons. The summed E-state index contributed by atoms with van der Waals surface area (Å²) >= 11 is 0. The number of hydrogen-bond donors (Lipinski definition) is 1. The van der Waals surface area contributed by atoms with Crippen molar-refractivity contribution in [2.24, 2.45) is 0 Å². The maximum Gasteiger partial charge on any atom is 0.240 e. The highest BCUT2D eigenvalue weighted by Crippen LogP contribution is 2.38. The molecule has 0 aliphatic heterocycles. The standard InChI is InChI=1S/C19H23NO6S/c1-5-26-19-17(24-3)10-14(11-18(19)25-4)12-20-27(22,23)16-8-6-15(7-9-16)13(2)21/h6-11,20H,5,12H2,1-4H3. The quantitative estimate of drug-likeness (QED) is 0.659. The molecule has 0 aliphatic rings. The SMILES string of the molecule is CCOc1c(OC)cc(CNS(=O)(=O)c2ccc(C(C)=O)cc2)cc1OC. The van der Waals surface area contributed by atoms with E-state index in [4.69, 9.17) is 14.2 Å². The average Bonchev–Trinajstić information content (AvgIpc) is 2.67. The van der Waals surface area contributed by atoms with Crippen molar-refractivity contribution >= 4 is 15.8 Å². The lowest BCUT2D eigenvalue weighted by atomic mass is 10.2. The van der Waals surface area contributed by atoms with Crippen LogP contribution in [0.25, 0.3) is 0 Å². The zero-order valence-electron chi connectivity index (χ0n) is 15.7. The predicted molar refractivity (Wildman–Crippen MR) is 101 cm³/mol. The topological polar surface area (TPSA) is 90.9 Å². The molecule has 0 unspecified atom stereocenters. The van der Waals surface area contributed by atoms with Crippen LogP contribution in [0.2, 0.25) is 0 Å². The van der Waals surface area contributed by atoms with Gasteiger partial charge in [-0.3, -0.25) is 4.79 Å². The third-order valence-corrected chi connectivity index (χ3v) is 5.26. The van der Waals surface area contributed by atoms with Gasteiger partial charge in [0.2, 0.25) is 15.8 Å². The third-order valence-electron chi connectivity index (χ3n) is 3.85. The number of benzene rings is 2. The Labute approximate surface area is 159 Å². The van der Waals surface area contributed by atoms with Gasteiger partial charge in [0.1, 0.15) is 0 Å². The van der Waals surface area contributed by atoms with Gasteiger partial charge in [-0.2, -0.15) is 0 Å². The molecule has 7 nitrogen and oxygen atoms in total. The normalized spacial score (nSPS) is 11.1. The van der Waals surface area contributed by atoms with Gasteiger partial charge in [0.05, 0.1) is 25.7 Å². The van der Waals surface area contributed by atoms with E-state index in [2.05, 4.69) is 4.72 Å². The van der Waals surface area contributed by atoms with Crippen molar-refractivity contribution in [3.63, 3.8) is 0 Å². The van der Waals surface area contributed by atoms with Crippen molar-refractivity contribution in [3.05, 3.63) is 47.5 Å². The molecule has 0 saturated heterocycles. The van der Waals surface area contributed by atoms with E-state index in [-0.39, 0.29) is 17.2 Å². The Balaban J connectivity index is 2.22. The molecule has 0 saturated carbocycles. The van der Waals surface area contributed by atoms with Crippen molar-refractivity contribution in [3.8, 4) is 17.2 Å². The Hall–Kier alpha value is -2.58. The third kappa shape index (κ3) is 4.99. The van der Waals surface area contributed by atoms with E-state index < -0.39 is 10.0 Å². The van der Waals surface area contributed by atoms with Crippen molar-refractivity contribution in [2.45, 2.75) is 25.3 Å². The highest BCUT2D eigenvalue weighted by atomic mass is 32.2. The summed E-state index contributed by atoms with van der Waals surface area (Å²) < 4.78 is 43.7. The van der Waals surface area contributed by atoms with Crippen LogP contribution in [0.5, 0.6) is 17.2 Å². The van der Waals surface area contributed by atoms with Crippen LogP contribution in [0, 0.1) is 0 Å². The minimum atomic E-state index is -3.73. The van der Waals surface area contributed by atoms with Crippen LogP contribution in [-0.4, -0.2) is 35.0 Å². The predicted octanol–water partition coefficient (Wildman–Crippen LogP) is 2.78. The Morgan fingerprint density at radius 3 is 2.04 bits per heavy atom. The first-order chi connectivity index (χ1) is 12.8. The number of carbonyl (C=O) groups excluding carboxylic acids is 1. The summed E-state index contributed by atoms with van der Waals surface area (Å²) in [6.07, 6.45) is 0. The molecule has 2 aromatic carbocycles. The zero-order chi connectivity index (χ0) is 20.0. The van der Waals surface area contributed by atoms with Gasteiger partial charge in [0.25, 0.3) is 0 Å². The summed E-state index contributed by atoms with van der Waals surface area (Å²) in [6.45, 7) is 3.75. The van der Waals surface area contributed by atoms with Crippen LogP contribution in [-0.2, 0) is 16.6 Å². The molecule has 0 aliphatic carbocycles. The Morgan fingerprint density at radius 1 is 1.04 bits per heavy atom. The fourth-order valence-electron chi connectivity index (χ4n) is 2.45. The first-order valence-electron chi connectivity index (χ1n) is 8.30. The summed E-state index contributed by atoms with van der Waals surface area (Å²) in [5, 5.41) is 0. The molecule has 146 valence electrons. The zero-order valence-corrected chi connectivity index (χ0v) is 16.6. The van der Waals surface area contributed by atoms with Gasteiger partial charge >= 0.3 is 0 Å². The summed E-state index contributed by atoms with van der Waals surface area (Å²) in [6, 6.07) is 9.15. The second-order valence-electron chi connectivity index (χ2n) is 5.67. The lowest BCUT2D eigenvalue weighted by Gasteiger charge is -2.15. The molecule has 2 aromatic rings. The van der Waals surface area contributed by atoms with E-state index in [1.165, 1.54) is 45.4 Å². The van der Waals surface area contributed by atoms with Gasteiger partial charge < -0.3 is 14.2 Å². The van der Waals surface area contributed by atoms with E-state index in [0.717, 1.165) is 0 Å². The molecule has 0 fully saturated rings. The Morgan fingerprint density at radius 2 is 1.59 bits per heavy atom. The Bertz CT molecular complexity index is 881. The number of ketones is 1. The molecule has 1 N–H and O–H groups in total. The number of carbonyl (C=O) groups is 1. The van der Waals surface area contributed by atoms with Crippen LogP contribution < -0.4 is 18.9 Å². The summed E-state index contributed by atoms with van der Waals surface area (Å²) in [5.41, 5.74) is 1.10.